The summed E-state index contributed by atoms with van der Waals surface area (Å²) in [5.74, 6) is 0. The van der Waals surface area contributed by atoms with Crippen molar-refractivity contribution in [2.45, 2.75) is 0 Å². The minimum atomic E-state index is -2.98. The van der Waals surface area contributed by atoms with Gasteiger partial charge in [0.1, 0.15) is 0 Å². The van der Waals surface area contributed by atoms with E-state index in [2.05, 4.69) is 464 Å². The molecule has 0 saturated carbocycles. The first kappa shape index (κ1) is 65.9. The van der Waals surface area contributed by atoms with Crippen molar-refractivity contribution in [1.82, 2.24) is 26.7 Å². The van der Waals surface area contributed by atoms with Gasteiger partial charge in [-0.25, -0.2) is 0 Å². The van der Waals surface area contributed by atoms with Gasteiger partial charge in [0.05, 0.1) is 88.3 Å². The van der Waals surface area contributed by atoms with Crippen LogP contribution in [0.1, 0.15) is 0 Å². The van der Waals surface area contributed by atoms with Crippen LogP contribution in [0.2, 0.25) is 0 Å². The van der Waals surface area contributed by atoms with E-state index in [4.69, 9.17) is 0 Å². The van der Waals surface area contributed by atoms with Gasteiger partial charge in [0.15, 0.2) is 16.1 Å². The molecular weight excluding hydrogens is 1440 g/mol. The lowest BCUT2D eigenvalue weighted by atomic mass is 9.96. The monoisotopic (exact) mass is 1510 g/mol. The Morgan fingerprint density at radius 3 is 0.888 bits per heavy atom. The molecule has 0 aliphatic carbocycles. The third kappa shape index (κ3) is 9.33. The van der Waals surface area contributed by atoms with Crippen LogP contribution >= 0.6 is 0 Å². The number of nitrogens with zero attached hydrogens (tertiary/aromatic N) is 6. The molecule has 0 fully saturated rings. The van der Waals surface area contributed by atoms with Crippen molar-refractivity contribution in [2.24, 2.45) is 0 Å². The zero-order valence-corrected chi connectivity index (χ0v) is 65.3. The predicted octanol–water partition coefficient (Wildman–Crippen LogP) is 21.4. The molecule has 0 unspecified atom stereocenters. The lowest BCUT2D eigenvalue weighted by Crippen LogP contribution is -2.74. The maximum atomic E-state index is 2.61. The van der Waals surface area contributed by atoms with Crippen molar-refractivity contribution in [2.75, 3.05) is 0 Å². The Labute approximate surface area is 670 Å². The highest BCUT2D eigenvalue weighted by atomic mass is 28.3. The van der Waals surface area contributed by atoms with E-state index in [1.165, 1.54) is 95.6 Å². The summed E-state index contributed by atoms with van der Waals surface area (Å²) in [6, 6.07) is 165. The Kier molecular flexibility index (Phi) is 14.7. The van der Waals surface area contributed by atoms with Crippen molar-refractivity contribution in [3.63, 3.8) is 0 Å². The molecule has 0 spiro atoms. The predicted molar refractivity (Wildman–Crippen MR) is 494 cm³/mol. The lowest BCUT2D eigenvalue weighted by molar-refractivity contribution is 1.15. The normalized spacial score (nSPS) is 12.3. The molecule has 0 atom stereocenters. The number of para-hydroxylation sites is 11. The van der Waals surface area contributed by atoms with Crippen LogP contribution in [-0.2, 0) is 0 Å². The average molecular weight is 1510 g/mol. The number of aromatic nitrogens is 6. The van der Waals surface area contributed by atoms with Gasteiger partial charge >= 0.3 is 0 Å². The molecule has 0 aliphatic rings. The maximum Gasteiger partial charge on any atom is 0.179 e. The van der Waals surface area contributed by atoms with Gasteiger partial charge in [0.25, 0.3) is 0 Å². The van der Waals surface area contributed by atoms with E-state index in [1.54, 1.807) is 0 Å². The number of rotatable bonds is 11. The Morgan fingerprint density at radius 1 is 0.155 bits per heavy atom. The van der Waals surface area contributed by atoms with Crippen molar-refractivity contribution >= 4 is 189 Å². The van der Waals surface area contributed by atoms with Gasteiger partial charge in [0, 0.05) is 54.5 Å². The van der Waals surface area contributed by atoms with E-state index < -0.39 is 16.1 Å². The highest BCUT2D eigenvalue weighted by molar-refractivity contribution is 7.20. The van der Waals surface area contributed by atoms with Crippen molar-refractivity contribution in [3.05, 3.63) is 437 Å². The first-order valence-corrected chi connectivity index (χ1v) is 44.1. The number of hydrogen-bond acceptors (Lipinski definition) is 0. The molecule has 6 heterocycles. The number of benzene rings is 18. The van der Waals surface area contributed by atoms with E-state index in [0.29, 0.717) is 0 Å². The number of hydrogen-bond donors (Lipinski definition) is 0. The molecular formula is C108H72N6Si2. The molecule has 0 radical (unpaired) electrons. The molecule has 8 heteroatoms. The van der Waals surface area contributed by atoms with E-state index in [0.717, 1.165) is 99.7 Å². The van der Waals surface area contributed by atoms with Crippen LogP contribution in [0.25, 0.3) is 154 Å². The zero-order valence-electron chi connectivity index (χ0n) is 63.3. The largest absolute Gasteiger partial charge is 0.306 e. The molecule has 6 aromatic heterocycles. The molecule has 0 bridgehead atoms. The summed E-state index contributed by atoms with van der Waals surface area (Å²) >= 11 is 0. The van der Waals surface area contributed by atoms with Gasteiger partial charge in [0.2, 0.25) is 0 Å². The third-order valence-electron chi connectivity index (χ3n) is 25.2. The van der Waals surface area contributed by atoms with Crippen LogP contribution in [0.4, 0.5) is 0 Å². The fourth-order valence-electron chi connectivity index (χ4n) is 20.6. The summed E-state index contributed by atoms with van der Waals surface area (Å²) in [6.45, 7) is 0. The Morgan fingerprint density at radius 2 is 0.457 bits per heavy atom. The van der Waals surface area contributed by atoms with Crippen LogP contribution in [0.3, 0.4) is 0 Å². The quantitative estimate of drug-likeness (QED) is 0.0912. The maximum absolute atomic E-state index is 2.98. The minimum Gasteiger partial charge on any atom is -0.306 e. The first-order chi connectivity index (χ1) is 57.6. The van der Waals surface area contributed by atoms with E-state index in [9.17, 15) is 0 Å². The van der Waals surface area contributed by atoms with Crippen LogP contribution < -0.4 is 41.5 Å². The molecule has 24 aromatic rings. The average Bonchev–Trinajstić information content (AvgIpc) is 1.52. The first-order valence-electron chi connectivity index (χ1n) is 40.1. The standard InChI is InChI=1S/C108H72N6Si2/c1-7-36-76(37-8-1)115(77-38-9-2-10-39-77,78-40-11-3-12-41-78)82-64-62-74(63-65-82)109-96-54-25-29-58-100(96)112-93-52-23-20-49-85(93)91-72-89(104-88-50-21-24-53-94(88)114(108(104)107(91)112)103-61-32-26-55-97(103)109)73-34-33-35-75(70-73)110-98-56-27-30-59-101(98)111-92-51-22-19-48-84(92)86-67-68-87-90-71-83(66-69-95(90)113(106(87)105(86)111)102-60-31-28-57-99(102)110)116(79-42-13-4-14-43-79,80-44-15-5-16-45-80)81-46-17-6-18-47-81/h1-72H. The second-order valence-electron chi connectivity index (χ2n) is 30.9. The smallest absolute Gasteiger partial charge is 0.179 e. The van der Waals surface area contributed by atoms with E-state index in [-0.39, 0.29) is 0 Å². The molecule has 0 saturated heterocycles. The second kappa shape index (κ2) is 25.9. The summed E-state index contributed by atoms with van der Waals surface area (Å²) in [5.41, 5.74) is 22.2. The molecule has 0 amide bonds. The molecule has 6 nitrogen and oxygen atoms in total. The van der Waals surface area contributed by atoms with Crippen LogP contribution in [0.15, 0.2) is 437 Å². The Bertz CT molecular complexity index is 7990. The fourth-order valence-corrected chi connectivity index (χ4v) is 30.1. The van der Waals surface area contributed by atoms with Gasteiger partial charge in [-0.2, -0.15) is 0 Å². The van der Waals surface area contributed by atoms with Crippen molar-refractivity contribution in [1.29, 1.82) is 0 Å². The van der Waals surface area contributed by atoms with E-state index in [1.807, 2.05) is 0 Å². The second-order valence-corrected chi connectivity index (χ2v) is 38.6. The summed E-state index contributed by atoms with van der Waals surface area (Å²) in [7, 11) is -5.86. The molecule has 0 aliphatic heterocycles. The van der Waals surface area contributed by atoms with Gasteiger partial charge in [-0.15, -0.1) is 0 Å². The van der Waals surface area contributed by atoms with Gasteiger partial charge in [-0.1, -0.05) is 334 Å². The molecule has 116 heavy (non-hydrogen) atoms. The highest BCUT2D eigenvalue weighted by Crippen LogP contribution is 2.48. The topological polar surface area (TPSA) is 27.5 Å². The van der Waals surface area contributed by atoms with Gasteiger partial charge < -0.3 is 26.7 Å². The van der Waals surface area contributed by atoms with Crippen molar-refractivity contribution < 1.29 is 0 Å². The van der Waals surface area contributed by atoms with Crippen LogP contribution in [-0.4, -0.2) is 42.9 Å². The Balaban J connectivity index is 0.793. The summed E-state index contributed by atoms with van der Waals surface area (Å²) in [5, 5.41) is 20.2. The summed E-state index contributed by atoms with van der Waals surface area (Å²) in [6.07, 6.45) is 0. The summed E-state index contributed by atoms with van der Waals surface area (Å²) in [4.78, 5) is 0. The fraction of sp³-hybridized carbons (Fsp3) is 0. The molecule has 542 valence electrons. The molecule has 18 aromatic carbocycles. The van der Waals surface area contributed by atoms with Crippen molar-refractivity contribution in [3.8, 4) is 22.5 Å². The van der Waals surface area contributed by atoms with E-state index >= 15 is 0 Å². The zero-order chi connectivity index (χ0) is 76.2. The SMILES string of the molecule is c1ccc([Si](c2ccccc2)(c2ccccc2)c2ccc(-n3c4ccccc4n4c5ccccc5c5cc(-c6cccc(-n7c8ccccc8n8c9ccccc9c9ccc%10c%11cc([Si](c%12ccccc%12)(c%12ccccc%12)c%12ccccc%12)ccc%11n(c%11ccccc%117)c%10c98)c6)c6c7ccccc7n(c7ccccc73)c6c54)cc2)cc1. The highest BCUT2D eigenvalue weighted by Gasteiger charge is 2.43. The third-order valence-corrected chi connectivity index (χ3v) is 34.8. The van der Waals surface area contributed by atoms with Crippen LogP contribution in [0.5, 0.6) is 0 Å². The summed E-state index contributed by atoms with van der Waals surface area (Å²) < 4.78 is 15.4. The molecule has 24 rings (SSSR count). The Hall–Kier alpha value is -14.8. The van der Waals surface area contributed by atoms with Crippen LogP contribution in [0, 0.1) is 0 Å². The molecule has 0 N–H and O–H groups in total. The lowest BCUT2D eigenvalue weighted by Gasteiger charge is -2.34. The van der Waals surface area contributed by atoms with Gasteiger partial charge in [-0.05, 0) is 156 Å². The van der Waals surface area contributed by atoms with Gasteiger partial charge in [-0.3, -0.25) is 0 Å². The minimum absolute atomic E-state index is 1.04. The number of fused-ring (bicyclic) bond motifs is 20.